The first-order valence-corrected chi connectivity index (χ1v) is 6.16. The molecule has 1 atom stereocenters. The van der Waals surface area contributed by atoms with Gasteiger partial charge in [0.15, 0.2) is 0 Å². The maximum atomic E-state index is 12.1. The van der Waals surface area contributed by atoms with Crippen molar-refractivity contribution in [1.29, 1.82) is 0 Å². The Morgan fingerprint density at radius 3 is 2.83 bits per heavy atom. The van der Waals surface area contributed by atoms with Gasteiger partial charge in [-0.1, -0.05) is 19.1 Å². The summed E-state index contributed by atoms with van der Waals surface area (Å²) < 4.78 is 0. The molecule has 1 aromatic rings. The van der Waals surface area contributed by atoms with Crippen molar-refractivity contribution >= 4 is 17.6 Å². The van der Waals surface area contributed by atoms with Gasteiger partial charge in [0.05, 0.1) is 0 Å². The quantitative estimate of drug-likeness (QED) is 0.649. The van der Waals surface area contributed by atoms with Crippen LogP contribution in [0.5, 0.6) is 0 Å². The van der Waals surface area contributed by atoms with Crippen molar-refractivity contribution in [3.05, 3.63) is 29.3 Å². The number of nitrogens with one attached hydrogen (secondary N) is 3. The third-order valence-corrected chi connectivity index (χ3v) is 3.71. The molecule has 2 heterocycles. The van der Waals surface area contributed by atoms with E-state index in [1.165, 1.54) is 0 Å². The monoisotopic (exact) mass is 245 g/mol. The van der Waals surface area contributed by atoms with Crippen LogP contribution in [-0.4, -0.2) is 18.5 Å². The molecule has 1 unspecified atom stereocenters. The summed E-state index contributed by atoms with van der Waals surface area (Å²) in [6, 6.07) is 5.62. The maximum absolute atomic E-state index is 12.1. The van der Waals surface area contributed by atoms with Crippen molar-refractivity contribution in [1.82, 2.24) is 10.6 Å². The molecule has 0 aromatic heterocycles. The number of anilines is 1. The van der Waals surface area contributed by atoms with Gasteiger partial charge >= 0.3 is 6.03 Å². The van der Waals surface area contributed by atoms with E-state index in [0.717, 1.165) is 23.2 Å². The van der Waals surface area contributed by atoms with Gasteiger partial charge in [0, 0.05) is 24.2 Å². The summed E-state index contributed by atoms with van der Waals surface area (Å²) in [5, 5.41) is 8.40. The zero-order valence-electron chi connectivity index (χ0n) is 10.2. The van der Waals surface area contributed by atoms with Crippen molar-refractivity contribution in [2.24, 2.45) is 0 Å². The minimum absolute atomic E-state index is 0.247. The number of fused-ring (bicyclic) bond motifs is 2. The number of amides is 3. The highest BCUT2D eigenvalue weighted by atomic mass is 16.2. The first-order chi connectivity index (χ1) is 8.65. The number of aryl methyl sites for hydroxylation is 1. The third kappa shape index (κ3) is 1.40. The fourth-order valence-electron chi connectivity index (χ4n) is 2.70. The molecule has 0 aliphatic carbocycles. The molecule has 18 heavy (non-hydrogen) atoms. The Morgan fingerprint density at radius 1 is 1.33 bits per heavy atom. The summed E-state index contributed by atoms with van der Waals surface area (Å²) in [6.07, 6.45) is 1.48. The van der Waals surface area contributed by atoms with Crippen molar-refractivity contribution in [2.75, 3.05) is 11.9 Å². The summed E-state index contributed by atoms with van der Waals surface area (Å²) in [5.74, 6) is -0.247. The van der Waals surface area contributed by atoms with E-state index in [1.54, 1.807) is 0 Å². The van der Waals surface area contributed by atoms with Crippen LogP contribution in [0.2, 0.25) is 0 Å². The molecule has 2 aliphatic heterocycles. The van der Waals surface area contributed by atoms with Gasteiger partial charge in [0.25, 0.3) is 5.91 Å². The molecule has 1 aromatic carbocycles. The molecule has 1 spiro atoms. The molecule has 3 N–H and O–H groups in total. The number of hydrogen-bond acceptors (Lipinski definition) is 3. The number of carbonyl (C=O) groups excluding carboxylic acids is 2. The Morgan fingerprint density at radius 2 is 2.17 bits per heavy atom. The van der Waals surface area contributed by atoms with E-state index in [-0.39, 0.29) is 5.91 Å². The van der Waals surface area contributed by atoms with Crippen molar-refractivity contribution < 1.29 is 9.59 Å². The Labute approximate surface area is 105 Å². The highest BCUT2D eigenvalue weighted by molar-refractivity contribution is 6.08. The molecular weight excluding hydrogens is 230 g/mol. The lowest BCUT2D eigenvalue weighted by Crippen LogP contribution is -2.48. The van der Waals surface area contributed by atoms with E-state index in [0.29, 0.717) is 13.0 Å². The summed E-state index contributed by atoms with van der Waals surface area (Å²) in [7, 11) is 0. The van der Waals surface area contributed by atoms with Gasteiger partial charge in [-0.25, -0.2) is 4.79 Å². The Bertz CT molecular complexity index is 541. The second-order valence-electron chi connectivity index (χ2n) is 4.72. The van der Waals surface area contributed by atoms with Crippen LogP contribution in [0.25, 0.3) is 0 Å². The lowest BCUT2D eigenvalue weighted by molar-refractivity contribution is -0.124. The molecular formula is C13H15N3O2. The Balaban J connectivity index is 2.16. The first-order valence-electron chi connectivity index (χ1n) is 6.16. The summed E-state index contributed by atoms with van der Waals surface area (Å²) in [4.78, 5) is 23.5. The van der Waals surface area contributed by atoms with Crippen LogP contribution in [0.4, 0.5) is 10.5 Å². The highest BCUT2D eigenvalue weighted by Gasteiger charge is 2.49. The zero-order chi connectivity index (χ0) is 12.8. The highest BCUT2D eigenvalue weighted by Crippen LogP contribution is 2.37. The van der Waals surface area contributed by atoms with Crippen LogP contribution in [0.15, 0.2) is 18.2 Å². The van der Waals surface area contributed by atoms with Crippen LogP contribution in [0, 0.1) is 0 Å². The van der Waals surface area contributed by atoms with Crippen LogP contribution < -0.4 is 16.0 Å². The van der Waals surface area contributed by atoms with E-state index in [2.05, 4.69) is 22.9 Å². The van der Waals surface area contributed by atoms with Crippen molar-refractivity contribution in [3.63, 3.8) is 0 Å². The molecule has 1 saturated heterocycles. The van der Waals surface area contributed by atoms with Crippen LogP contribution >= 0.6 is 0 Å². The van der Waals surface area contributed by atoms with E-state index >= 15 is 0 Å². The normalized spacial score (nSPS) is 25.4. The Kier molecular flexibility index (Phi) is 2.29. The fraction of sp³-hybridized carbons (Fsp3) is 0.385. The summed E-state index contributed by atoms with van der Waals surface area (Å²) >= 11 is 0. The summed E-state index contributed by atoms with van der Waals surface area (Å²) in [6.45, 7) is 2.74. The number of urea groups is 1. The van der Waals surface area contributed by atoms with E-state index in [9.17, 15) is 9.59 Å². The number of rotatable bonds is 1. The standard InChI is InChI=1S/C13H15N3O2/c1-2-8-3-4-10-9(7-8)13(5-6-14-10)11(17)15-12(18)16-13/h3-4,7,14H,2,5-6H2,1H3,(H2,15,16,17,18). The van der Waals surface area contributed by atoms with E-state index in [1.807, 2.05) is 18.2 Å². The minimum atomic E-state index is -0.886. The van der Waals surface area contributed by atoms with Gasteiger partial charge in [-0.05, 0) is 18.1 Å². The van der Waals surface area contributed by atoms with E-state index in [4.69, 9.17) is 0 Å². The molecule has 0 radical (unpaired) electrons. The molecule has 0 bridgehead atoms. The second-order valence-corrected chi connectivity index (χ2v) is 4.72. The molecule has 3 rings (SSSR count). The van der Waals surface area contributed by atoms with Crippen molar-refractivity contribution in [2.45, 2.75) is 25.3 Å². The lowest BCUT2D eigenvalue weighted by Gasteiger charge is -2.33. The molecule has 5 nitrogen and oxygen atoms in total. The average Bonchev–Trinajstić information content (AvgIpc) is 2.65. The number of benzene rings is 1. The zero-order valence-corrected chi connectivity index (χ0v) is 10.2. The second kappa shape index (κ2) is 3.73. The van der Waals surface area contributed by atoms with Gasteiger partial charge < -0.3 is 10.6 Å². The number of hydrogen-bond donors (Lipinski definition) is 3. The van der Waals surface area contributed by atoms with Crippen LogP contribution in [0.1, 0.15) is 24.5 Å². The van der Waals surface area contributed by atoms with Gasteiger partial charge in [0.2, 0.25) is 0 Å². The predicted octanol–water partition coefficient (Wildman–Crippen LogP) is 1.10. The van der Waals surface area contributed by atoms with Crippen molar-refractivity contribution in [3.8, 4) is 0 Å². The SMILES string of the molecule is CCc1ccc2c(c1)C1(CCN2)NC(=O)NC1=O. The minimum Gasteiger partial charge on any atom is -0.385 e. The van der Waals surface area contributed by atoms with E-state index < -0.39 is 11.6 Å². The Hall–Kier alpha value is -2.04. The third-order valence-electron chi connectivity index (χ3n) is 3.71. The molecule has 1 fully saturated rings. The smallest absolute Gasteiger partial charge is 0.322 e. The summed E-state index contributed by atoms with van der Waals surface area (Å²) in [5.41, 5.74) is 2.07. The van der Waals surface area contributed by atoms with Gasteiger partial charge in [-0.15, -0.1) is 0 Å². The van der Waals surface area contributed by atoms with Crippen LogP contribution in [-0.2, 0) is 16.8 Å². The van der Waals surface area contributed by atoms with Gasteiger partial charge in [-0.2, -0.15) is 0 Å². The lowest BCUT2D eigenvalue weighted by atomic mass is 9.82. The molecule has 5 heteroatoms. The largest absolute Gasteiger partial charge is 0.385 e. The number of carbonyl (C=O) groups is 2. The molecule has 94 valence electrons. The van der Waals surface area contributed by atoms with Gasteiger partial charge in [0.1, 0.15) is 5.54 Å². The fourth-order valence-corrected chi connectivity index (χ4v) is 2.70. The maximum Gasteiger partial charge on any atom is 0.322 e. The van der Waals surface area contributed by atoms with Gasteiger partial charge in [-0.3, -0.25) is 10.1 Å². The molecule has 3 amide bonds. The van der Waals surface area contributed by atoms with Crippen LogP contribution in [0.3, 0.4) is 0 Å². The number of imide groups is 1. The first kappa shape index (κ1) is 11.1. The average molecular weight is 245 g/mol. The molecule has 0 saturated carbocycles. The predicted molar refractivity (Wildman–Crippen MR) is 67.3 cm³/mol. The molecule has 2 aliphatic rings. The topological polar surface area (TPSA) is 70.2 Å².